The molecular weight excluding hydrogens is 340 g/mol. The van der Waals surface area contributed by atoms with Crippen molar-refractivity contribution in [1.29, 1.82) is 0 Å². The van der Waals surface area contributed by atoms with E-state index in [-0.39, 0.29) is 17.0 Å². The van der Waals surface area contributed by atoms with Crippen LogP contribution in [0, 0.1) is 5.92 Å². The molecule has 0 bridgehead atoms. The Kier molecular flexibility index (Phi) is 10.1. The highest BCUT2D eigenvalue weighted by molar-refractivity contribution is 6.03. The number of unbranched alkanes of at least 4 members (excludes halogenated alkanes) is 5. The molecule has 0 aromatic heterocycles. The molecule has 0 aliphatic rings. The van der Waals surface area contributed by atoms with Gasteiger partial charge >= 0.3 is 11.9 Å². The van der Waals surface area contributed by atoms with Gasteiger partial charge in [-0.15, -0.1) is 0 Å². The molecule has 1 aromatic carbocycles. The fourth-order valence-electron chi connectivity index (χ4n) is 3.60. The van der Waals surface area contributed by atoms with Gasteiger partial charge in [0, 0.05) is 0 Å². The van der Waals surface area contributed by atoms with Crippen molar-refractivity contribution in [3.8, 4) is 0 Å². The first-order valence-electron chi connectivity index (χ1n) is 10.4. The van der Waals surface area contributed by atoms with Crippen molar-refractivity contribution in [3.63, 3.8) is 0 Å². The highest BCUT2D eigenvalue weighted by Gasteiger charge is 2.24. The van der Waals surface area contributed by atoms with Crippen molar-refractivity contribution in [1.82, 2.24) is 0 Å². The number of carboxylic acids is 2. The average molecular weight is 377 g/mol. The molecule has 0 aliphatic heterocycles. The Labute approximate surface area is 164 Å². The van der Waals surface area contributed by atoms with Crippen molar-refractivity contribution < 1.29 is 19.8 Å². The van der Waals surface area contributed by atoms with Crippen LogP contribution in [0.4, 0.5) is 0 Å². The van der Waals surface area contributed by atoms with Crippen LogP contribution in [0.2, 0.25) is 0 Å². The molecule has 0 aliphatic carbocycles. The first-order chi connectivity index (χ1) is 12.8. The van der Waals surface area contributed by atoms with Crippen LogP contribution in [0.1, 0.15) is 117 Å². The Bertz CT molecular complexity index is 619. The average Bonchev–Trinajstić information content (AvgIpc) is 2.61. The third-order valence-electron chi connectivity index (χ3n) is 5.39. The summed E-state index contributed by atoms with van der Waals surface area (Å²) in [5, 5.41) is 19.0. The van der Waals surface area contributed by atoms with Gasteiger partial charge in [-0.1, -0.05) is 72.3 Å². The topological polar surface area (TPSA) is 74.6 Å². The van der Waals surface area contributed by atoms with Crippen LogP contribution in [0.5, 0.6) is 0 Å². The zero-order valence-corrected chi connectivity index (χ0v) is 17.4. The number of carboxylic acid groups (broad SMARTS) is 2. The molecule has 0 saturated carbocycles. The van der Waals surface area contributed by atoms with Crippen molar-refractivity contribution in [2.75, 3.05) is 0 Å². The maximum atomic E-state index is 11.8. The Balaban J connectivity index is 2.80. The van der Waals surface area contributed by atoms with Gasteiger partial charge in [-0.3, -0.25) is 0 Å². The second-order valence-corrected chi connectivity index (χ2v) is 8.03. The van der Waals surface area contributed by atoms with Gasteiger partial charge in [-0.05, 0) is 48.3 Å². The third-order valence-corrected chi connectivity index (χ3v) is 5.39. The summed E-state index contributed by atoms with van der Waals surface area (Å²) in [6, 6.07) is 3.26. The quantitative estimate of drug-likeness (QED) is 0.384. The summed E-state index contributed by atoms with van der Waals surface area (Å²) in [6.45, 7) is 8.64. The largest absolute Gasteiger partial charge is 0.478 e. The molecule has 1 rings (SSSR count). The van der Waals surface area contributed by atoms with Crippen LogP contribution in [-0.4, -0.2) is 22.2 Å². The van der Waals surface area contributed by atoms with Crippen LogP contribution < -0.4 is 0 Å². The number of carbonyl (C=O) groups is 2. The molecular formula is C23H36O4. The number of hydrogen-bond donors (Lipinski definition) is 2. The summed E-state index contributed by atoms with van der Waals surface area (Å²) in [6.07, 6.45) is 9.66. The molecule has 4 nitrogen and oxygen atoms in total. The predicted molar refractivity (Wildman–Crippen MR) is 110 cm³/mol. The van der Waals surface area contributed by atoms with E-state index in [1.54, 1.807) is 0 Å². The van der Waals surface area contributed by atoms with E-state index in [1.807, 2.05) is 6.07 Å². The monoisotopic (exact) mass is 376 g/mol. The Morgan fingerprint density at radius 3 is 2.00 bits per heavy atom. The zero-order chi connectivity index (χ0) is 20.4. The molecule has 152 valence electrons. The van der Waals surface area contributed by atoms with E-state index in [0.717, 1.165) is 42.7 Å². The van der Waals surface area contributed by atoms with E-state index in [0.29, 0.717) is 6.42 Å². The molecule has 27 heavy (non-hydrogen) atoms. The number of aromatic carboxylic acids is 2. The van der Waals surface area contributed by atoms with E-state index < -0.39 is 11.9 Å². The summed E-state index contributed by atoms with van der Waals surface area (Å²) in [5.74, 6) is -1.33. The number of benzene rings is 1. The van der Waals surface area contributed by atoms with Gasteiger partial charge in [-0.2, -0.15) is 0 Å². The molecule has 1 atom stereocenters. The first-order valence-corrected chi connectivity index (χ1v) is 10.4. The second kappa shape index (κ2) is 11.8. The van der Waals surface area contributed by atoms with E-state index in [2.05, 4.69) is 27.7 Å². The molecule has 1 aromatic rings. The fraction of sp³-hybridized carbons (Fsp3) is 0.652. The van der Waals surface area contributed by atoms with E-state index in [4.69, 9.17) is 0 Å². The van der Waals surface area contributed by atoms with Gasteiger partial charge in [0.1, 0.15) is 0 Å². The second-order valence-electron chi connectivity index (χ2n) is 8.03. The minimum absolute atomic E-state index is 0.0165. The van der Waals surface area contributed by atoms with Gasteiger partial charge in [0.2, 0.25) is 0 Å². The van der Waals surface area contributed by atoms with Crippen molar-refractivity contribution in [2.24, 2.45) is 5.92 Å². The van der Waals surface area contributed by atoms with Crippen LogP contribution in [0.15, 0.2) is 12.1 Å². The Morgan fingerprint density at radius 1 is 0.889 bits per heavy atom. The molecule has 0 radical (unpaired) electrons. The smallest absolute Gasteiger partial charge is 0.336 e. The molecule has 0 heterocycles. The number of hydrogen-bond acceptors (Lipinski definition) is 2. The van der Waals surface area contributed by atoms with Crippen LogP contribution in [0.3, 0.4) is 0 Å². The lowest BCUT2D eigenvalue weighted by Crippen LogP contribution is -2.15. The highest BCUT2D eigenvalue weighted by atomic mass is 16.4. The van der Waals surface area contributed by atoms with Crippen molar-refractivity contribution in [2.45, 2.75) is 91.4 Å². The zero-order valence-electron chi connectivity index (χ0n) is 17.4. The van der Waals surface area contributed by atoms with Crippen molar-refractivity contribution >= 4 is 11.9 Å². The summed E-state index contributed by atoms with van der Waals surface area (Å²) in [4.78, 5) is 23.3. The maximum absolute atomic E-state index is 11.8. The molecule has 0 amide bonds. The van der Waals surface area contributed by atoms with E-state index in [9.17, 15) is 19.8 Å². The summed E-state index contributed by atoms with van der Waals surface area (Å²) in [7, 11) is 0. The lowest BCUT2D eigenvalue weighted by atomic mass is 9.85. The minimum Gasteiger partial charge on any atom is -0.478 e. The molecule has 4 heteroatoms. The molecule has 0 fully saturated rings. The van der Waals surface area contributed by atoms with Gasteiger partial charge in [0.15, 0.2) is 0 Å². The summed E-state index contributed by atoms with van der Waals surface area (Å²) >= 11 is 0. The summed E-state index contributed by atoms with van der Waals surface area (Å²) < 4.78 is 0. The predicted octanol–water partition coefficient (Wildman–Crippen LogP) is 6.53. The lowest BCUT2D eigenvalue weighted by Gasteiger charge is -2.19. The fourth-order valence-corrected chi connectivity index (χ4v) is 3.60. The van der Waals surface area contributed by atoms with Crippen LogP contribution in [-0.2, 0) is 6.42 Å². The Hall–Kier alpha value is -1.84. The third kappa shape index (κ3) is 7.36. The summed E-state index contributed by atoms with van der Waals surface area (Å²) in [5.41, 5.74) is 1.59. The number of rotatable bonds is 13. The van der Waals surface area contributed by atoms with Gasteiger partial charge < -0.3 is 10.2 Å². The van der Waals surface area contributed by atoms with Gasteiger partial charge in [-0.25, -0.2) is 9.59 Å². The minimum atomic E-state index is -1.17. The Morgan fingerprint density at radius 2 is 1.48 bits per heavy atom. The first kappa shape index (κ1) is 23.2. The lowest BCUT2D eigenvalue weighted by molar-refractivity contribution is 0.0650. The molecule has 0 spiro atoms. The van der Waals surface area contributed by atoms with Crippen molar-refractivity contribution in [3.05, 3.63) is 34.4 Å². The van der Waals surface area contributed by atoms with E-state index >= 15 is 0 Å². The highest BCUT2D eigenvalue weighted by Crippen LogP contribution is 2.29. The van der Waals surface area contributed by atoms with Gasteiger partial charge in [0.25, 0.3) is 0 Å². The maximum Gasteiger partial charge on any atom is 0.336 e. The normalized spacial score (nSPS) is 12.3. The molecule has 2 N–H and O–H groups in total. The van der Waals surface area contributed by atoms with Crippen LogP contribution >= 0.6 is 0 Å². The molecule has 1 unspecified atom stereocenters. The molecule has 0 saturated heterocycles. The van der Waals surface area contributed by atoms with Gasteiger partial charge in [0.05, 0.1) is 11.1 Å². The standard InChI is InChI=1S/C23H36O4/c1-5-17(4)18-14-15-20(22(24)25)21(23(26)27)19(18)13-11-9-7-6-8-10-12-16(2)3/h14-17H,5-13H2,1-4H3,(H,24,25)(H,26,27). The van der Waals surface area contributed by atoms with E-state index in [1.165, 1.54) is 31.7 Å². The SMILES string of the molecule is CCC(C)c1ccc(C(=O)O)c(C(=O)O)c1CCCCCCCCC(C)C. The van der Waals surface area contributed by atoms with Crippen LogP contribution in [0.25, 0.3) is 0 Å².